The molecule has 1 atom stereocenters. The van der Waals surface area contributed by atoms with Crippen molar-refractivity contribution in [2.75, 3.05) is 11.9 Å². The van der Waals surface area contributed by atoms with Crippen LogP contribution in [-0.2, 0) is 14.3 Å². The van der Waals surface area contributed by atoms with E-state index in [1.54, 1.807) is 37.3 Å². The van der Waals surface area contributed by atoms with Crippen molar-refractivity contribution in [2.45, 2.75) is 33.2 Å². The molecule has 0 radical (unpaired) electrons. The summed E-state index contributed by atoms with van der Waals surface area (Å²) in [4.78, 5) is 36.6. The first kappa shape index (κ1) is 20.5. The highest BCUT2D eigenvalue weighted by atomic mass is 32.1. The normalized spacial score (nSPS) is 11.7. The summed E-state index contributed by atoms with van der Waals surface area (Å²) in [5.74, 6) is -1.39. The molecule has 0 aliphatic rings. The Kier molecular flexibility index (Phi) is 7.42. The molecule has 1 aromatic carbocycles. The van der Waals surface area contributed by atoms with E-state index < -0.39 is 24.5 Å². The lowest BCUT2D eigenvalue weighted by atomic mass is 10.0. The minimum atomic E-state index is -0.839. The van der Waals surface area contributed by atoms with Gasteiger partial charge in [0.2, 0.25) is 5.13 Å². The van der Waals surface area contributed by atoms with Gasteiger partial charge in [-0.15, -0.1) is 10.2 Å². The fraction of sp³-hybridized carbons (Fsp3) is 0.389. The fourth-order valence-corrected chi connectivity index (χ4v) is 2.86. The van der Waals surface area contributed by atoms with Crippen LogP contribution in [0.1, 0.15) is 35.6 Å². The third kappa shape index (κ3) is 6.78. The Bertz CT molecular complexity index is 792. The molecule has 8 nitrogen and oxygen atoms in total. The van der Waals surface area contributed by atoms with E-state index in [1.807, 2.05) is 13.8 Å². The van der Waals surface area contributed by atoms with Gasteiger partial charge in [0.05, 0.1) is 0 Å². The van der Waals surface area contributed by atoms with Crippen molar-refractivity contribution >= 4 is 34.3 Å². The number of rotatable bonds is 8. The van der Waals surface area contributed by atoms with Crippen LogP contribution in [0.2, 0.25) is 0 Å². The number of amides is 2. The van der Waals surface area contributed by atoms with Crippen LogP contribution in [0.15, 0.2) is 30.3 Å². The number of anilines is 1. The van der Waals surface area contributed by atoms with Crippen molar-refractivity contribution in [1.82, 2.24) is 15.5 Å². The van der Waals surface area contributed by atoms with Gasteiger partial charge in [-0.25, -0.2) is 4.79 Å². The van der Waals surface area contributed by atoms with Gasteiger partial charge in [-0.05, 0) is 31.4 Å². The molecule has 0 unspecified atom stereocenters. The molecule has 2 N–H and O–H groups in total. The topological polar surface area (TPSA) is 110 Å². The molecule has 144 valence electrons. The number of aryl methyl sites for hydroxylation is 1. The zero-order valence-corrected chi connectivity index (χ0v) is 16.2. The Morgan fingerprint density at radius 3 is 2.44 bits per heavy atom. The minimum absolute atomic E-state index is 0.150. The largest absolute Gasteiger partial charge is 0.454 e. The summed E-state index contributed by atoms with van der Waals surface area (Å²) in [5.41, 5.74) is 0.448. The first-order chi connectivity index (χ1) is 12.8. The lowest BCUT2D eigenvalue weighted by Crippen LogP contribution is -2.43. The third-order valence-corrected chi connectivity index (χ3v) is 4.20. The standard InChI is InChI=1S/C18H22N4O4S/c1-11(2)9-14(19-16(24)13-7-5-4-6-8-13)17(25)26-10-15(23)20-18-22-21-12(3)27-18/h4-8,11,14H,9-10H2,1-3H3,(H,19,24)(H,20,22,23)/t14-/m0/s1. The molecule has 1 aromatic heterocycles. The second-order valence-corrected chi connectivity index (χ2v) is 7.49. The number of hydrogen-bond acceptors (Lipinski definition) is 7. The summed E-state index contributed by atoms with van der Waals surface area (Å²) in [5, 5.41) is 13.8. The summed E-state index contributed by atoms with van der Waals surface area (Å²) in [6, 6.07) is 7.76. The summed E-state index contributed by atoms with van der Waals surface area (Å²) in [6.45, 7) is 5.16. The average molecular weight is 390 g/mol. The molecule has 27 heavy (non-hydrogen) atoms. The molecule has 2 rings (SSSR count). The molecule has 0 aliphatic carbocycles. The first-order valence-corrected chi connectivity index (χ1v) is 9.29. The van der Waals surface area contributed by atoms with E-state index in [2.05, 4.69) is 20.8 Å². The number of hydrogen-bond donors (Lipinski definition) is 2. The number of carbonyl (C=O) groups is 3. The van der Waals surface area contributed by atoms with E-state index in [-0.39, 0.29) is 11.8 Å². The smallest absolute Gasteiger partial charge is 0.329 e. The number of esters is 1. The number of ether oxygens (including phenoxy) is 1. The molecule has 9 heteroatoms. The number of aromatic nitrogens is 2. The third-order valence-electron chi connectivity index (χ3n) is 3.45. The van der Waals surface area contributed by atoms with Crippen molar-refractivity contribution in [3.05, 3.63) is 40.9 Å². The monoisotopic (exact) mass is 390 g/mol. The van der Waals surface area contributed by atoms with Crippen LogP contribution in [0.25, 0.3) is 0 Å². The lowest BCUT2D eigenvalue weighted by molar-refractivity contribution is -0.149. The Hall–Kier alpha value is -2.81. The van der Waals surface area contributed by atoms with Crippen LogP contribution in [0.4, 0.5) is 5.13 Å². The summed E-state index contributed by atoms with van der Waals surface area (Å²) in [7, 11) is 0. The van der Waals surface area contributed by atoms with E-state index in [4.69, 9.17) is 4.74 Å². The summed E-state index contributed by atoms with van der Waals surface area (Å²) < 4.78 is 5.07. The second-order valence-electron chi connectivity index (χ2n) is 6.30. The Balaban J connectivity index is 1.91. The molecule has 1 heterocycles. The zero-order chi connectivity index (χ0) is 19.8. The van der Waals surface area contributed by atoms with E-state index in [9.17, 15) is 14.4 Å². The van der Waals surface area contributed by atoms with Gasteiger partial charge in [0.1, 0.15) is 11.0 Å². The molecule has 0 saturated carbocycles. The van der Waals surface area contributed by atoms with Crippen molar-refractivity contribution < 1.29 is 19.1 Å². The van der Waals surface area contributed by atoms with Gasteiger partial charge in [-0.2, -0.15) is 0 Å². The maximum absolute atomic E-state index is 12.4. The molecule has 0 saturated heterocycles. The molecule has 0 spiro atoms. The highest BCUT2D eigenvalue weighted by molar-refractivity contribution is 7.15. The van der Waals surface area contributed by atoms with Crippen molar-refractivity contribution in [2.24, 2.45) is 5.92 Å². The van der Waals surface area contributed by atoms with Crippen LogP contribution in [-0.4, -0.2) is 40.6 Å². The number of benzene rings is 1. The number of nitrogens with zero attached hydrogens (tertiary/aromatic N) is 2. The van der Waals surface area contributed by atoms with Gasteiger partial charge in [-0.3, -0.25) is 14.9 Å². The Morgan fingerprint density at radius 1 is 1.15 bits per heavy atom. The van der Waals surface area contributed by atoms with Gasteiger partial charge >= 0.3 is 5.97 Å². The highest BCUT2D eigenvalue weighted by Gasteiger charge is 2.24. The molecular formula is C18H22N4O4S. The Morgan fingerprint density at radius 2 is 1.85 bits per heavy atom. The molecular weight excluding hydrogens is 368 g/mol. The van der Waals surface area contributed by atoms with Crippen LogP contribution < -0.4 is 10.6 Å². The zero-order valence-electron chi connectivity index (χ0n) is 15.4. The SMILES string of the molecule is Cc1nnc(NC(=O)COC(=O)[C@H](CC(C)C)NC(=O)c2ccccc2)s1. The van der Waals surface area contributed by atoms with Crippen LogP contribution in [0.5, 0.6) is 0 Å². The van der Waals surface area contributed by atoms with Gasteiger partial charge in [0.25, 0.3) is 11.8 Å². The molecule has 0 bridgehead atoms. The van der Waals surface area contributed by atoms with Crippen LogP contribution in [0.3, 0.4) is 0 Å². The molecule has 2 aromatic rings. The maximum Gasteiger partial charge on any atom is 0.329 e. The lowest BCUT2D eigenvalue weighted by Gasteiger charge is -2.19. The van der Waals surface area contributed by atoms with Crippen molar-refractivity contribution in [1.29, 1.82) is 0 Å². The van der Waals surface area contributed by atoms with E-state index in [0.29, 0.717) is 22.1 Å². The van der Waals surface area contributed by atoms with E-state index >= 15 is 0 Å². The first-order valence-electron chi connectivity index (χ1n) is 8.47. The molecule has 0 fully saturated rings. The van der Waals surface area contributed by atoms with Crippen molar-refractivity contribution in [3.8, 4) is 0 Å². The van der Waals surface area contributed by atoms with Gasteiger partial charge in [0.15, 0.2) is 6.61 Å². The number of nitrogens with one attached hydrogen (secondary N) is 2. The maximum atomic E-state index is 12.4. The van der Waals surface area contributed by atoms with E-state index in [1.165, 1.54) is 11.3 Å². The number of carbonyl (C=O) groups excluding carboxylic acids is 3. The average Bonchev–Trinajstić information content (AvgIpc) is 3.04. The quantitative estimate of drug-likeness (QED) is 0.669. The second kappa shape index (κ2) is 9.77. The van der Waals surface area contributed by atoms with Crippen molar-refractivity contribution in [3.63, 3.8) is 0 Å². The predicted octanol–water partition coefficient (Wildman–Crippen LogP) is 2.17. The molecule has 2 amide bonds. The molecule has 0 aliphatic heterocycles. The van der Waals surface area contributed by atoms with Crippen LogP contribution >= 0.6 is 11.3 Å². The Labute approximate surface area is 161 Å². The van der Waals surface area contributed by atoms with Crippen LogP contribution in [0, 0.1) is 12.8 Å². The van der Waals surface area contributed by atoms with Gasteiger partial charge in [0, 0.05) is 5.56 Å². The summed E-state index contributed by atoms with van der Waals surface area (Å²) in [6.07, 6.45) is 0.397. The van der Waals surface area contributed by atoms with E-state index in [0.717, 1.165) is 0 Å². The van der Waals surface area contributed by atoms with Gasteiger partial charge in [-0.1, -0.05) is 43.4 Å². The fourth-order valence-electron chi connectivity index (χ4n) is 2.26. The highest BCUT2D eigenvalue weighted by Crippen LogP contribution is 2.13. The minimum Gasteiger partial charge on any atom is -0.454 e. The predicted molar refractivity (Wildman–Crippen MR) is 101 cm³/mol. The van der Waals surface area contributed by atoms with Gasteiger partial charge < -0.3 is 10.1 Å². The summed E-state index contributed by atoms with van der Waals surface area (Å²) >= 11 is 1.22.